The molecule has 108 valence electrons. The highest BCUT2D eigenvalue weighted by atomic mass is 16.2. The lowest BCUT2D eigenvalue weighted by Gasteiger charge is -2.15. The molecule has 2 heterocycles. The second kappa shape index (κ2) is 5.70. The van der Waals surface area contributed by atoms with Gasteiger partial charge in [-0.1, -0.05) is 12.6 Å². The molecule has 6 heteroatoms. The number of nitrogens with one attached hydrogen (secondary N) is 2. The third kappa shape index (κ3) is 2.89. The first-order chi connectivity index (χ1) is 10.3. The Morgan fingerprint density at radius 1 is 1.48 bits per heavy atom. The van der Waals surface area contributed by atoms with Gasteiger partial charge in [-0.2, -0.15) is 5.10 Å². The molecule has 0 radical (unpaired) electrons. The summed E-state index contributed by atoms with van der Waals surface area (Å²) in [7, 11) is 0. The van der Waals surface area contributed by atoms with Crippen molar-refractivity contribution in [3.8, 4) is 0 Å². The predicted molar refractivity (Wildman–Crippen MR) is 83.1 cm³/mol. The first-order valence-electron chi connectivity index (χ1n) is 6.81. The van der Waals surface area contributed by atoms with Crippen molar-refractivity contribution in [1.29, 1.82) is 0 Å². The summed E-state index contributed by atoms with van der Waals surface area (Å²) >= 11 is 0. The van der Waals surface area contributed by atoms with Crippen molar-refractivity contribution in [1.82, 2.24) is 15.1 Å². The second-order valence-corrected chi connectivity index (χ2v) is 4.80. The van der Waals surface area contributed by atoms with Crippen LogP contribution in [0.5, 0.6) is 0 Å². The summed E-state index contributed by atoms with van der Waals surface area (Å²) in [5.74, 6) is 0. The summed E-state index contributed by atoms with van der Waals surface area (Å²) < 4.78 is 1.67. The van der Waals surface area contributed by atoms with Crippen molar-refractivity contribution in [2.24, 2.45) is 0 Å². The van der Waals surface area contributed by atoms with Crippen molar-refractivity contribution in [3.05, 3.63) is 48.8 Å². The van der Waals surface area contributed by atoms with Crippen LogP contribution in [-0.2, 0) is 6.54 Å². The Morgan fingerprint density at radius 3 is 3.10 bits per heavy atom. The topological polar surface area (TPSA) is 62.2 Å². The minimum atomic E-state index is -0.0422. The average molecular weight is 283 g/mol. The van der Waals surface area contributed by atoms with E-state index in [9.17, 15) is 4.79 Å². The fourth-order valence-electron chi connectivity index (χ4n) is 2.27. The van der Waals surface area contributed by atoms with Gasteiger partial charge in [-0.25, -0.2) is 9.48 Å². The maximum atomic E-state index is 11.7. The molecule has 2 amide bonds. The Kier molecular flexibility index (Phi) is 3.59. The molecule has 0 bridgehead atoms. The van der Waals surface area contributed by atoms with E-state index in [4.69, 9.17) is 0 Å². The number of anilines is 2. The second-order valence-electron chi connectivity index (χ2n) is 4.80. The van der Waals surface area contributed by atoms with Gasteiger partial charge < -0.3 is 10.6 Å². The van der Waals surface area contributed by atoms with Gasteiger partial charge in [0.1, 0.15) is 0 Å². The fourth-order valence-corrected chi connectivity index (χ4v) is 2.27. The number of urea groups is 1. The van der Waals surface area contributed by atoms with E-state index in [2.05, 4.69) is 22.3 Å². The van der Waals surface area contributed by atoms with Gasteiger partial charge in [0.05, 0.1) is 6.20 Å². The summed E-state index contributed by atoms with van der Waals surface area (Å²) in [5.41, 5.74) is 2.94. The lowest BCUT2D eigenvalue weighted by atomic mass is 10.2. The molecule has 1 fully saturated rings. The van der Waals surface area contributed by atoms with Crippen molar-refractivity contribution >= 4 is 23.6 Å². The summed E-state index contributed by atoms with van der Waals surface area (Å²) in [6.45, 7) is 5.73. The van der Waals surface area contributed by atoms with Crippen LogP contribution in [0.15, 0.2) is 43.2 Å². The van der Waals surface area contributed by atoms with Crippen molar-refractivity contribution in [3.63, 3.8) is 0 Å². The van der Waals surface area contributed by atoms with Gasteiger partial charge in [-0.15, -0.1) is 0 Å². The van der Waals surface area contributed by atoms with Crippen LogP contribution in [0.25, 0.3) is 6.20 Å². The zero-order valence-electron chi connectivity index (χ0n) is 11.6. The molecule has 0 atom stereocenters. The molecule has 0 unspecified atom stereocenters. The number of hydrogen-bond acceptors (Lipinski definition) is 3. The van der Waals surface area contributed by atoms with E-state index in [1.165, 1.54) is 0 Å². The molecule has 3 rings (SSSR count). The number of amides is 2. The zero-order chi connectivity index (χ0) is 14.7. The van der Waals surface area contributed by atoms with Gasteiger partial charge >= 0.3 is 6.03 Å². The first-order valence-corrected chi connectivity index (χ1v) is 6.81. The van der Waals surface area contributed by atoms with Crippen LogP contribution in [-0.4, -0.2) is 28.9 Å². The normalized spacial score (nSPS) is 14.1. The Bertz CT molecular complexity index is 664. The molecule has 1 aliphatic heterocycles. The highest BCUT2D eigenvalue weighted by Gasteiger charge is 2.20. The average Bonchev–Trinajstić information content (AvgIpc) is 3.14. The molecule has 1 saturated heterocycles. The minimum Gasteiger partial charge on any atom is -0.381 e. The highest BCUT2D eigenvalue weighted by Crippen LogP contribution is 2.21. The number of carbonyl (C=O) groups excluding carboxylic acids is 1. The van der Waals surface area contributed by atoms with E-state index in [1.807, 2.05) is 30.5 Å². The molecular formula is C15H17N5O. The molecule has 6 nitrogen and oxygen atoms in total. The van der Waals surface area contributed by atoms with E-state index in [0.717, 1.165) is 16.9 Å². The molecule has 1 aliphatic rings. The number of benzene rings is 1. The largest absolute Gasteiger partial charge is 0.381 e. The third-order valence-electron chi connectivity index (χ3n) is 3.35. The van der Waals surface area contributed by atoms with Crippen LogP contribution >= 0.6 is 0 Å². The molecule has 1 aromatic heterocycles. The van der Waals surface area contributed by atoms with Crippen LogP contribution in [0.1, 0.15) is 5.56 Å². The zero-order valence-corrected chi connectivity index (χ0v) is 11.6. The van der Waals surface area contributed by atoms with Gasteiger partial charge in [0.25, 0.3) is 0 Å². The van der Waals surface area contributed by atoms with E-state index in [0.29, 0.717) is 19.6 Å². The quantitative estimate of drug-likeness (QED) is 0.883. The maximum absolute atomic E-state index is 11.7. The summed E-state index contributed by atoms with van der Waals surface area (Å²) in [6, 6.07) is 7.79. The molecule has 1 aromatic carbocycles. The van der Waals surface area contributed by atoms with Gasteiger partial charge in [0.2, 0.25) is 0 Å². The van der Waals surface area contributed by atoms with Crippen molar-refractivity contribution in [2.75, 3.05) is 23.3 Å². The molecule has 2 N–H and O–H groups in total. The van der Waals surface area contributed by atoms with Crippen molar-refractivity contribution < 1.29 is 4.79 Å². The van der Waals surface area contributed by atoms with E-state index in [1.54, 1.807) is 22.0 Å². The Balaban J connectivity index is 1.68. The number of carbonyl (C=O) groups is 1. The fraction of sp³-hybridized carbons (Fsp3) is 0.200. The predicted octanol–water partition coefficient (Wildman–Crippen LogP) is 2.13. The van der Waals surface area contributed by atoms with Crippen LogP contribution in [0, 0.1) is 0 Å². The number of aromatic nitrogens is 2. The van der Waals surface area contributed by atoms with E-state index < -0.39 is 0 Å². The monoisotopic (exact) mass is 283 g/mol. The van der Waals surface area contributed by atoms with E-state index in [-0.39, 0.29) is 6.03 Å². The summed E-state index contributed by atoms with van der Waals surface area (Å²) in [4.78, 5) is 13.4. The van der Waals surface area contributed by atoms with Crippen LogP contribution in [0.4, 0.5) is 16.2 Å². The minimum absolute atomic E-state index is 0.0422. The molecule has 0 aliphatic carbocycles. The number of hydrogen-bond donors (Lipinski definition) is 2. The van der Waals surface area contributed by atoms with Crippen molar-refractivity contribution in [2.45, 2.75) is 6.54 Å². The molecule has 0 saturated carbocycles. The Hall–Kier alpha value is -2.76. The number of rotatable bonds is 5. The van der Waals surface area contributed by atoms with Crippen LogP contribution in [0.3, 0.4) is 0 Å². The maximum Gasteiger partial charge on any atom is 0.321 e. The summed E-state index contributed by atoms with van der Waals surface area (Å²) in [6.07, 6.45) is 5.36. The Labute approximate surface area is 123 Å². The molecule has 2 aromatic rings. The lowest BCUT2D eigenvalue weighted by molar-refractivity contribution is 0.252. The smallest absolute Gasteiger partial charge is 0.321 e. The SMILES string of the molecule is C=Cn1cc(CNc2cccc(N3CCNC3=O)c2)cn1. The van der Waals surface area contributed by atoms with Crippen LogP contribution in [0.2, 0.25) is 0 Å². The van der Waals surface area contributed by atoms with Gasteiger partial charge in [0.15, 0.2) is 0 Å². The first kappa shape index (κ1) is 13.2. The van der Waals surface area contributed by atoms with Gasteiger partial charge in [0, 0.05) is 49.0 Å². The van der Waals surface area contributed by atoms with Crippen LogP contribution < -0.4 is 15.5 Å². The lowest BCUT2D eigenvalue weighted by Crippen LogP contribution is -2.27. The molecule has 21 heavy (non-hydrogen) atoms. The van der Waals surface area contributed by atoms with E-state index >= 15 is 0 Å². The molecular weight excluding hydrogens is 266 g/mol. The van der Waals surface area contributed by atoms with Gasteiger partial charge in [-0.05, 0) is 18.2 Å². The molecule has 0 spiro atoms. The standard InChI is InChI=1S/C15H17N5O/c1-2-19-11-12(10-18-19)9-17-13-4-3-5-14(8-13)20-7-6-16-15(20)21/h2-5,8,10-11,17H,1,6-7,9H2,(H,16,21). The Morgan fingerprint density at radius 2 is 2.38 bits per heavy atom. The third-order valence-corrected chi connectivity index (χ3v) is 3.35. The summed E-state index contributed by atoms with van der Waals surface area (Å²) in [5, 5.41) is 10.3. The van der Waals surface area contributed by atoms with Gasteiger partial charge in [-0.3, -0.25) is 4.90 Å². The number of nitrogens with zero attached hydrogens (tertiary/aromatic N) is 3. The highest BCUT2D eigenvalue weighted by molar-refractivity contribution is 5.94.